The molecule has 0 bridgehead atoms. The number of hydroxylamine groups is 2. The number of amides is 1. The van der Waals surface area contributed by atoms with Crippen LogP contribution >= 0.6 is 0 Å². The van der Waals surface area contributed by atoms with E-state index in [4.69, 9.17) is 13.9 Å². The van der Waals surface area contributed by atoms with Crippen molar-refractivity contribution in [3.8, 4) is 0 Å². The van der Waals surface area contributed by atoms with Crippen LogP contribution in [0.15, 0.2) is 53.0 Å². The van der Waals surface area contributed by atoms with Crippen molar-refractivity contribution in [3.05, 3.63) is 54.5 Å². The summed E-state index contributed by atoms with van der Waals surface area (Å²) in [5, 5.41) is 18.7. The summed E-state index contributed by atoms with van der Waals surface area (Å²) in [7, 11) is 0. The second-order valence-corrected chi connectivity index (χ2v) is 6.79. The number of ether oxygens (including phenoxy) is 2. The number of allylic oxidation sites excluding steroid dienone is 4. The molecule has 0 unspecified atom stereocenters. The molecular formula is C20H26N4O5. The van der Waals surface area contributed by atoms with Crippen LogP contribution in [0.4, 0.5) is 6.01 Å². The Morgan fingerprint density at radius 3 is 2.90 bits per heavy atom. The zero-order valence-electron chi connectivity index (χ0n) is 16.4. The molecule has 29 heavy (non-hydrogen) atoms. The average Bonchev–Trinajstić information content (AvgIpc) is 3.24. The molecule has 9 heteroatoms. The van der Waals surface area contributed by atoms with Crippen LogP contribution in [0.2, 0.25) is 0 Å². The topological polar surface area (TPSA) is 101 Å². The lowest BCUT2D eigenvalue weighted by molar-refractivity contribution is -0.151. The molecule has 0 saturated heterocycles. The van der Waals surface area contributed by atoms with Crippen LogP contribution in [0.25, 0.3) is 0 Å². The molecule has 1 aliphatic heterocycles. The number of rotatable bonds is 11. The van der Waals surface area contributed by atoms with Gasteiger partial charge in [-0.05, 0) is 25.3 Å². The molecular weight excluding hydrogens is 376 g/mol. The van der Waals surface area contributed by atoms with Crippen molar-refractivity contribution in [2.24, 2.45) is 0 Å². The molecule has 1 N–H and O–H groups in total. The van der Waals surface area contributed by atoms with E-state index in [1.54, 1.807) is 4.90 Å². The van der Waals surface area contributed by atoms with Gasteiger partial charge >= 0.3 is 6.01 Å². The van der Waals surface area contributed by atoms with Gasteiger partial charge in [0.25, 0.3) is 0 Å². The van der Waals surface area contributed by atoms with Crippen LogP contribution in [0.5, 0.6) is 0 Å². The smallest absolute Gasteiger partial charge is 0.329 e. The van der Waals surface area contributed by atoms with Crippen molar-refractivity contribution in [3.63, 3.8) is 0 Å². The first kappa shape index (κ1) is 20.7. The molecule has 0 aromatic carbocycles. The lowest BCUT2D eigenvalue weighted by Gasteiger charge is -2.26. The average molecular weight is 402 g/mol. The minimum atomic E-state index is -0.266. The largest absolute Gasteiger partial charge is 0.464 e. The van der Waals surface area contributed by atoms with Gasteiger partial charge in [-0.15, -0.1) is 5.10 Å². The molecule has 1 aliphatic carbocycles. The Morgan fingerprint density at radius 1 is 1.31 bits per heavy atom. The number of carbonyl (C=O) groups is 1. The van der Waals surface area contributed by atoms with E-state index in [-0.39, 0.29) is 18.5 Å². The highest BCUT2D eigenvalue weighted by molar-refractivity contribution is 5.47. The Labute approximate surface area is 169 Å². The quantitative estimate of drug-likeness (QED) is 0.257. The third-order valence-electron chi connectivity index (χ3n) is 4.65. The first-order valence-corrected chi connectivity index (χ1v) is 9.80. The van der Waals surface area contributed by atoms with Crippen LogP contribution in [0.3, 0.4) is 0 Å². The molecule has 9 nitrogen and oxygen atoms in total. The van der Waals surface area contributed by atoms with Crippen LogP contribution < -0.4 is 4.90 Å². The summed E-state index contributed by atoms with van der Waals surface area (Å²) in [5.41, 5.74) is 0.923. The Morgan fingerprint density at radius 2 is 2.21 bits per heavy atom. The van der Waals surface area contributed by atoms with Crippen LogP contribution in [0.1, 0.15) is 57.3 Å². The Hall–Kier alpha value is -3.07. The zero-order valence-corrected chi connectivity index (χ0v) is 16.4. The number of carbonyl (C=O) groups excluding carboxylic acids is 1. The highest BCUT2D eigenvalue weighted by Gasteiger charge is 2.28. The summed E-state index contributed by atoms with van der Waals surface area (Å²) in [6.45, 7) is 2.20. The zero-order chi connectivity index (χ0) is 20.5. The van der Waals surface area contributed by atoms with Gasteiger partial charge in [0.2, 0.25) is 18.2 Å². The molecule has 0 spiro atoms. The summed E-state index contributed by atoms with van der Waals surface area (Å²) in [5.74, 6) is 0.503. The summed E-state index contributed by atoms with van der Waals surface area (Å²) in [6, 6.07) is 0.239. The third kappa shape index (κ3) is 5.47. The molecule has 1 amide bonds. The fourth-order valence-corrected chi connectivity index (χ4v) is 3.18. The molecule has 1 aromatic heterocycles. The van der Waals surface area contributed by atoms with E-state index in [1.165, 1.54) is 18.8 Å². The molecule has 2 heterocycles. The first-order valence-electron chi connectivity index (χ1n) is 9.80. The van der Waals surface area contributed by atoms with Crippen molar-refractivity contribution >= 4 is 12.4 Å². The standard InChI is InChI=1S/C20H26N4O5/c1-2-3-5-8-16(13-23(26)15-25)19-21-22-20(29-19)24(17-9-6-4-7-10-17)18-14-27-11-12-28-18/h4,6,9,11-12,14-16,26H,2-3,5,7-8,10,13H2,1H3/t16-/m0/s1. The lowest BCUT2D eigenvalue weighted by atomic mass is 10.0. The summed E-state index contributed by atoms with van der Waals surface area (Å²) >= 11 is 0. The fraction of sp³-hybridized carbons (Fsp3) is 0.450. The Bertz CT molecular complexity index is 799. The van der Waals surface area contributed by atoms with E-state index in [0.717, 1.165) is 44.2 Å². The van der Waals surface area contributed by atoms with E-state index in [1.807, 2.05) is 12.2 Å². The third-order valence-corrected chi connectivity index (χ3v) is 4.65. The van der Waals surface area contributed by atoms with Gasteiger partial charge in [0, 0.05) is 5.70 Å². The van der Waals surface area contributed by atoms with Gasteiger partial charge in [-0.2, -0.15) is 0 Å². The number of hydrogen-bond acceptors (Lipinski definition) is 8. The monoisotopic (exact) mass is 402 g/mol. The molecule has 0 fully saturated rings. The van der Waals surface area contributed by atoms with E-state index < -0.39 is 0 Å². The van der Waals surface area contributed by atoms with Crippen LogP contribution in [-0.2, 0) is 14.3 Å². The van der Waals surface area contributed by atoms with Crippen molar-refractivity contribution in [2.45, 2.75) is 51.4 Å². The van der Waals surface area contributed by atoms with Crippen molar-refractivity contribution in [2.75, 3.05) is 11.4 Å². The van der Waals surface area contributed by atoms with Gasteiger partial charge < -0.3 is 13.9 Å². The van der Waals surface area contributed by atoms with Gasteiger partial charge in [0.15, 0.2) is 6.26 Å². The molecule has 0 saturated carbocycles. The van der Waals surface area contributed by atoms with Crippen molar-refractivity contribution in [1.82, 2.24) is 15.3 Å². The second-order valence-electron chi connectivity index (χ2n) is 6.79. The summed E-state index contributed by atoms with van der Waals surface area (Å²) in [6.07, 6.45) is 16.1. The Kier molecular flexibility index (Phi) is 7.46. The molecule has 1 aromatic rings. The first-order chi connectivity index (χ1) is 14.2. The maximum atomic E-state index is 10.9. The Balaban J connectivity index is 1.85. The van der Waals surface area contributed by atoms with E-state index in [2.05, 4.69) is 23.2 Å². The predicted octanol–water partition coefficient (Wildman–Crippen LogP) is 3.94. The second kappa shape index (κ2) is 10.5. The van der Waals surface area contributed by atoms with Crippen LogP contribution in [-0.4, -0.2) is 33.4 Å². The van der Waals surface area contributed by atoms with Crippen molar-refractivity contribution in [1.29, 1.82) is 0 Å². The van der Waals surface area contributed by atoms with Gasteiger partial charge in [0.1, 0.15) is 12.5 Å². The molecule has 1 atom stereocenters. The van der Waals surface area contributed by atoms with Crippen molar-refractivity contribution < 1.29 is 23.9 Å². The SMILES string of the molecule is CCCCC[C@@H](CN(O)C=O)c1nnc(N(C2=CC=CCC2)C2=COC=CO2)o1. The predicted molar refractivity (Wildman–Crippen MR) is 104 cm³/mol. The van der Waals surface area contributed by atoms with E-state index >= 15 is 0 Å². The maximum Gasteiger partial charge on any atom is 0.329 e. The maximum absolute atomic E-state index is 10.9. The number of unbranched alkanes of at least 4 members (excludes halogenated alkanes) is 2. The van der Waals surface area contributed by atoms with E-state index in [0.29, 0.717) is 23.2 Å². The minimum Gasteiger partial charge on any atom is -0.464 e. The highest BCUT2D eigenvalue weighted by atomic mass is 16.5. The van der Waals surface area contributed by atoms with Gasteiger partial charge in [-0.25, -0.2) is 9.96 Å². The molecule has 2 aliphatic rings. The van der Waals surface area contributed by atoms with Gasteiger partial charge in [-0.3, -0.25) is 10.0 Å². The minimum absolute atomic E-state index is 0.0886. The number of hydrogen-bond donors (Lipinski definition) is 1. The number of aromatic nitrogens is 2. The van der Waals surface area contributed by atoms with Gasteiger partial charge in [-0.1, -0.05) is 43.4 Å². The number of anilines is 1. The normalized spacial score (nSPS) is 16.3. The number of nitrogens with zero attached hydrogens (tertiary/aromatic N) is 4. The fourth-order valence-electron chi connectivity index (χ4n) is 3.18. The highest BCUT2D eigenvalue weighted by Crippen LogP contribution is 2.32. The van der Waals surface area contributed by atoms with Crippen LogP contribution in [0, 0.1) is 0 Å². The molecule has 156 valence electrons. The van der Waals surface area contributed by atoms with E-state index in [9.17, 15) is 10.0 Å². The summed E-state index contributed by atoms with van der Waals surface area (Å²) < 4.78 is 16.8. The molecule has 3 rings (SSSR count). The summed E-state index contributed by atoms with van der Waals surface area (Å²) in [4.78, 5) is 12.6. The molecule has 0 radical (unpaired) electrons. The van der Waals surface area contributed by atoms with Gasteiger partial charge in [0.05, 0.1) is 12.5 Å². The lowest BCUT2D eigenvalue weighted by Crippen LogP contribution is -2.25.